The number of para-hydroxylation sites is 2. The van der Waals surface area contributed by atoms with Crippen LogP contribution in [0.3, 0.4) is 0 Å². The predicted molar refractivity (Wildman–Crippen MR) is 51.7 cm³/mol. The first-order valence-corrected chi connectivity index (χ1v) is 4.80. The van der Waals surface area contributed by atoms with Gasteiger partial charge in [-0.2, -0.15) is 8.42 Å². The van der Waals surface area contributed by atoms with Gasteiger partial charge in [-0.15, -0.1) is 0 Å². The van der Waals surface area contributed by atoms with E-state index in [9.17, 15) is 10.1 Å². The van der Waals surface area contributed by atoms with Gasteiger partial charge in [0.25, 0.3) is 5.69 Å². The molecule has 1 aromatic carbocycles. The fourth-order valence-electron chi connectivity index (χ4n) is 0.654. The lowest BCUT2D eigenvalue weighted by molar-refractivity contribution is -0.383. The van der Waals surface area contributed by atoms with E-state index in [-0.39, 0.29) is 11.4 Å². The Labute approximate surface area is 85.1 Å². The average Bonchev–Trinajstić information content (AvgIpc) is 2.01. The SMILES string of the molecule is Nc1ccccc1[N+](=O)[O-].O=S(=O)(O)O. The molecule has 0 saturated carbocycles. The highest BCUT2D eigenvalue weighted by molar-refractivity contribution is 7.79. The Bertz CT molecular complexity index is 435. The summed E-state index contributed by atoms with van der Waals surface area (Å²) in [5.74, 6) is 0. The van der Waals surface area contributed by atoms with Crippen LogP contribution in [0.15, 0.2) is 24.3 Å². The first kappa shape index (κ1) is 13.3. The van der Waals surface area contributed by atoms with Crippen molar-refractivity contribution in [2.24, 2.45) is 0 Å². The molecule has 0 fully saturated rings. The van der Waals surface area contributed by atoms with Crippen molar-refractivity contribution in [3.63, 3.8) is 0 Å². The van der Waals surface area contributed by atoms with Crippen LogP contribution in [0.4, 0.5) is 11.4 Å². The van der Waals surface area contributed by atoms with Gasteiger partial charge in [-0.3, -0.25) is 19.2 Å². The largest absolute Gasteiger partial charge is 0.394 e. The van der Waals surface area contributed by atoms with Crippen LogP contribution in [0.25, 0.3) is 0 Å². The number of nitro groups is 1. The maximum absolute atomic E-state index is 10.1. The van der Waals surface area contributed by atoms with E-state index in [0.29, 0.717) is 0 Å². The van der Waals surface area contributed by atoms with Crippen molar-refractivity contribution < 1.29 is 22.4 Å². The molecule has 0 aliphatic rings. The van der Waals surface area contributed by atoms with Crippen LogP contribution in [0.1, 0.15) is 0 Å². The van der Waals surface area contributed by atoms with Crippen LogP contribution in [0.5, 0.6) is 0 Å². The quantitative estimate of drug-likeness (QED) is 0.279. The highest BCUT2D eigenvalue weighted by Crippen LogP contribution is 2.18. The van der Waals surface area contributed by atoms with E-state index in [1.54, 1.807) is 12.1 Å². The zero-order chi connectivity index (χ0) is 12.1. The van der Waals surface area contributed by atoms with E-state index in [0.717, 1.165) is 0 Å². The van der Waals surface area contributed by atoms with Crippen LogP contribution in [-0.2, 0) is 10.4 Å². The lowest BCUT2D eigenvalue weighted by atomic mass is 10.3. The van der Waals surface area contributed by atoms with Gasteiger partial charge in [-0.05, 0) is 6.07 Å². The molecule has 0 heterocycles. The summed E-state index contributed by atoms with van der Waals surface area (Å²) >= 11 is 0. The number of nitrogen functional groups attached to an aromatic ring is 1. The number of anilines is 1. The van der Waals surface area contributed by atoms with E-state index >= 15 is 0 Å². The van der Waals surface area contributed by atoms with Crippen molar-refractivity contribution in [1.82, 2.24) is 0 Å². The summed E-state index contributed by atoms with van der Waals surface area (Å²) in [6.45, 7) is 0. The number of rotatable bonds is 1. The summed E-state index contributed by atoms with van der Waals surface area (Å²) in [4.78, 5) is 9.64. The summed E-state index contributed by atoms with van der Waals surface area (Å²) < 4.78 is 31.6. The molecule has 9 heteroatoms. The van der Waals surface area contributed by atoms with E-state index in [4.69, 9.17) is 23.3 Å². The Balaban J connectivity index is 0.000000336. The van der Waals surface area contributed by atoms with Gasteiger partial charge in [0.05, 0.1) is 4.92 Å². The molecule has 0 spiro atoms. The number of benzene rings is 1. The minimum atomic E-state index is -4.67. The topological polar surface area (TPSA) is 144 Å². The van der Waals surface area contributed by atoms with Crippen molar-refractivity contribution in [3.8, 4) is 0 Å². The van der Waals surface area contributed by atoms with Gasteiger partial charge < -0.3 is 5.73 Å². The molecule has 0 saturated heterocycles. The van der Waals surface area contributed by atoms with Crippen LogP contribution < -0.4 is 5.73 Å². The average molecular weight is 236 g/mol. The monoisotopic (exact) mass is 236 g/mol. The molecule has 0 bridgehead atoms. The van der Waals surface area contributed by atoms with Gasteiger partial charge in [0, 0.05) is 6.07 Å². The van der Waals surface area contributed by atoms with Crippen LogP contribution >= 0.6 is 0 Å². The normalized spacial score (nSPS) is 10.0. The number of nitrogens with two attached hydrogens (primary N) is 1. The third-order valence-electron chi connectivity index (χ3n) is 1.13. The summed E-state index contributed by atoms with van der Waals surface area (Å²) in [6.07, 6.45) is 0. The molecule has 0 aromatic heterocycles. The van der Waals surface area contributed by atoms with Gasteiger partial charge >= 0.3 is 10.4 Å². The van der Waals surface area contributed by atoms with Gasteiger partial charge in [0.1, 0.15) is 5.69 Å². The number of nitro benzene ring substituents is 1. The molecule has 0 aliphatic carbocycles. The highest BCUT2D eigenvalue weighted by atomic mass is 32.3. The van der Waals surface area contributed by atoms with Crippen LogP contribution in [-0.4, -0.2) is 22.4 Å². The van der Waals surface area contributed by atoms with Gasteiger partial charge in [0.2, 0.25) is 0 Å². The lowest BCUT2D eigenvalue weighted by Gasteiger charge is -1.92. The molecule has 0 unspecified atom stereocenters. The molecular weight excluding hydrogens is 228 g/mol. The maximum atomic E-state index is 10.1. The molecule has 84 valence electrons. The second-order valence-electron chi connectivity index (χ2n) is 2.26. The Morgan fingerprint density at radius 3 is 1.93 bits per heavy atom. The van der Waals surface area contributed by atoms with Crippen LogP contribution in [0, 0.1) is 10.1 Å². The Hall–Kier alpha value is -1.71. The van der Waals surface area contributed by atoms with E-state index in [1.807, 2.05) is 0 Å². The fraction of sp³-hybridized carbons (Fsp3) is 0. The zero-order valence-corrected chi connectivity index (χ0v) is 8.09. The maximum Gasteiger partial charge on any atom is 0.394 e. The summed E-state index contributed by atoms with van der Waals surface area (Å²) in [6, 6.07) is 6.10. The Kier molecular flexibility index (Phi) is 4.64. The van der Waals surface area contributed by atoms with Crippen molar-refractivity contribution in [2.75, 3.05) is 5.73 Å². The molecule has 0 aliphatic heterocycles. The van der Waals surface area contributed by atoms with Gasteiger partial charge in [-0.1, -0.05) is 12.1 Å². The predicted octanol–water partition coefficient (Wildman–Crippen LogP) is 0.524. The molecule has 0 radical (unpaired) electrons. The molecule has 1 rings (SSSR count). The summed E-state index contributed by atoms with van der Waals surface area (Å²) in [5.41, 5.74) is 5.44. The molecule has 4 N–H and O–H groups in total. The first-order chi connectivity index (χ1) is 6.72. The zero-order valence-electron chi connectivity index (χ0n) is 7.27. The highest BCUT2D eigenvalue weighted by Gasteiger charge is 2.07. The molecular formula is C6H8N2O6S. The second kappa shape index (κ2) is 5.24. The molecule has 1 aromatic rings. The smallest absolute Gasteiger partial charge is 0.393 e. The van der Waals surface area contributed by atoms with Crippen molar-refractivity contribution in [1.29, 1.82) is 0 Å². The third kappa shape index (κ3) is 7.37. The van der Waals surface area contributed by atoms with E-state index < -0.39 is 15.3 Å². The van der Waals surface area contributed by atoms with Crippen LogP contribution in [0.2, 0.25) is 0 Å². The number of hydrogen-bond acceptors (Lipinski definition) is 5. The van der Waals surface area contributed by atoms with Crippen molar-refractivity contribution in [3.05, 3.63) is 34.4 Å². The van der Waals surface area contributed by atoms with Gasteiger partial charge in [-0.25, -0.2) is 0 Å². The minimum absolute atomic E-state index is 0.0394. The third-order valence-corrected chi connectivity index (χ3v) is 1.13. The van der Waals surface area contributed by atoms with E-state index in [1.165, 1.54) is 12.1 Å². The molecule has 0 amide bonds. The molecule has 8 nitrogen and oxygen atoms in total. The number of nitrogens with zero attached hydrogens (tertiary/aromatic N) is 1. The van der Waals surface area contributed by atoms with Crippen molar-refractivity contribution >= 4 is 21.8 Å². The fourth-order valence-corrected chi connectivity index (χ4v) is 0.654. The minimum Gasteiger partial charge on any atom is -0.393 e. The second-order valence-corrected chi connectivity index (χ2v) is 3.16. The standard InChI is InChI=1S/C6H6N2O2.H2O4S/c7-5-3-1-2-4-6(5)8(9)10;1-5(2,3)4/h1-4H,7H2;(H2,1,2,3,4). The van der Waals surface area contributed by atoms with Crippen molar-refractivity contribution in [2.45, 2.75) is 0 Å². The molecule has 0 atom stereocenters. The summed E-state index contributed by atoms with van der Waals surface area (Å²) in [5, 5.41) is 10.1. The Morgan fingerprint density at radius 1 is 1.27 bits per heavy atom. The van der Waals surface area contributed by atoms with Gasteiger partial charge in [0.15, 0.2) is 0 Å². The summed E-state index contributed by atoms with van der Waals surface area (Å²) in [7, 11) is -4.67. The number of hydrogen-bond donors (Lipinski definition) is 3. The lowest BCUT2D eigenvalue weighted by Crippen LogP contribution is -1.93. The Morgan fingerprint density at radius 2 is 1.67 bits per heavy atom. The van der Waals surface area contributed by atoms with E-state index in [2.05, 4.69) is 0 Å². The first-order valence-electron chi connectivity index (χ1n) is 3.40. The molecule has 15 heavy (non-hydrogen) atoms.